The zero-order chi connectivity index (χ0) is 19.6. The molecule has 0 aromatic heterocycles. The average Bonchev–Trinajstić information content (AvgIpc) is 3.15. The fourth-order valence-electron chi connectivity index (χ4n) is 7.64. The summed E-state index contributed by atoms with van der Waals surface area (Å²) in [4.78, 5) is 15.7. The van der Waals surface area contributed by atoms with Crippen LogP contribution in [0.3, 0.4) is 0 Å². The maximum absolute atomic E-state index is 13.6. The zero-order valence-electron chi connectivity index (χ0n) is 17.0. The number of hydrogen-bond donors (Lipinski definition) is 0. The zero-order valence-corrected chi connectivity index (χ0v) is 18.6. The molecule has 3 atom stereocenters. The number of rotatable bonds is 3. The second-order valence-electron chi connectivity index (χ2n) is 10.4. The SMILES string of the molecule is O=C(CC12CC3CC(CC(Br)(C3)C1)C2)N1CCCC1c1ccc2c(c1)OCCO2. The Morgan fingerprint density at radius 3 is 2.62 bits per heavy atom. The fourth-order valence-corrected chi connectivity index (χ4v) is 9.15. The second kappa shape index (κ2) is 6.63. The van der Waals surface area contributed by atoms with Gasteiger partial charge in [-0.25, -0.2) is 0 Å². The highest BCUT2D eigenvalue weighted by Gasteiger charge is 2.57. The van der Waals surface area contributed by atoms with E-state index in [0.29, 0.717) is 23.4 Å². The van der Waals surface area contributed by atoms with Gasteiger partial charge in [-0.15, -0.1) is 0 Å². The van der Waals surface area contributed by atoms with Crippen molar-refractivity contribution < 1.29 is 14.3 Å². The summed E-state index contributed by atoms with van der Waals surface area (Å²) in [5.74, 6) is 3.69. The van der Waals surface area contributed by atoms with E-state index in [1.807, 2.05) is 6.07 Å². The molecule has 1 saturated heterocycles. The number of likely N-dealkylation sites (tertiary alicyclic amines) is 1. The number of amides is 1. The molecule has 0 radical (unpaired) electrons. The van der Waals surface area contributed by atoms with E-state index in [-0.39, 0.29) is 11.5 Å². The summed E-state index contributed by atoms with van der Waals surface area (Å²) in [6.07, 6.45) is 10.7. The first-order chi connectivity index (χ1) is 14.0. The van der Waals surface area contributed by atoms with Crippen molar-refractivity contribution in [1.29, 1.82) is 0 Å². The molecule has 5 fully saturated rings. The molecule has 156 valence electrons. The van der Waals surface area contributed by atoms with Crippen LogP contribution in [0.1, 0.15) is 69.4 Å². The highest BCUT2D eigenvalue weighted by atomic mass is 79.9. The molecule has 4 bridgehead atoms. The Morgan fingerprint density at radius 2 is 1.86 bits per heavy atom. The van der Waals surface area contributed by atoms with Crippen molar-refractivity contribution in [1.82, 2.24) is 4.90 Å². The number of carbonyl (C=O) groups excluding carboxylic acids is 1. The van der Waals surface area contributed by atoms with Crippen molar-refractivity contribution in [2.75, 3.05) is 19.8 Å². The van der Waals surface area contributed by atoms with Crippen LogP contribution in [0.15, 0.2) is 18.2 Å². The minimum Gasteiger partial charge on any atom is -0.486 e. The Balaban J connectivity index is 1.22. The average molecular weight is 460 g/mol. The predicted octanol–water partition coefficient (Wildman–Crippen LogP) is 5.25. The van der Waals surface area contributed by atoms with Crippen molar-refractivity contribution in [3.05, 3.63) is 23.8 Å². The molecule has 5 heteroatoms. The van der Waals surface area contributed by atoms with Crippen molar-refractivity contribution in [3.63, 3.8) is 0 Å². The maximum Gasteiger partial charge on any atom is 0.223 e. The molecule has 6 aliphatic rings. The van der Waals surface area contributed by atoms with Crippen LogP contribution in [0.4, 0.5) is 0 Å². The molecule has 2 heterocycles. The smallest absolute Gasteiger partial charge is 0.223 e. The van der Waals surface area contributed by atoms with E-state index in [1.54, 1.807) is 0 Å². The maximum atomic E-state index is 13.6. The Hall–Kier alpha value is -1.23. The van der Waals surface area contributed by atoms with Crippen LogP contribution in [-0.4, -0.2) is 34.9 Å². The van der Waals surface area contributed by atoms with Gasteiger partial charge in [0.15, 0.2) is 11.5 Å². The van der Waals surface area contributed by atoms with Crippen LogP contribution in [0.25, 0.3) is 0 Å². The van der Waals surface area contributed by atoms with Gasteiger partial charge in [0.1, 0.15) is 13.2 Å². The van der Waals surface area contributed by atoms with Crippen LogP contribution >= 0.6 is 15.9 Å². The summed E-state index contributed by atoms with van der Waals surface area (Å²) in [6, 6.07) is 6.42. The standard InChI is InChI=1S/C24H30BrNO3/c25-24-12-16-8-17(13-24)11-23(10-16,15-24)14-22(27)26-5-1-2-19(26)18-3-4-20-21(9-18)29-7-6-28-20/h3-4,9,16-17,19H,1-2,5-8,10-15H2. The lowest BCUT2D eigenvalue weighted by Crippen LogP contribution is -2.54. The molecule has 3 unspecified atom stereocenters. The molecule has 4 aliphatic carbocycles. The van der Waals surface area contributed by atoms with Gasteiger partial charge in [-0.05, 0) is 86.3 Å². The molecule has 1 aromatic rings. The molecule has 1 amide bonds. The van der Waals surface area contributed by atoms with Gasteiger partial charge in [-0.3, -0.25) is 4.79 Å². The number of ether oxygens (including phenoxy) is 2. The first-order valence-corrected chi connectivity index (χ1v) is 12.2. The van der Waals surface area contributed by atoms with E-state index in [1.165, 1.54) is 44.1 Å². The Labute approximate surface area is 181 Å². The van der Waals surface area contributed by atoms with Gasteiger partial charge in [0.2, 0.25) is 5.91 Å². The summed E-state index contributed by atoms with van der Waals surface area (Å²) in [5, 5.41) is 0. The summed E-state index contributed by atoms with van der Waals surface area (Å²) >= 11 is 4.10. The van der Waals surface area contributed by atoms with E-state index in [0.717, 1.165) is 49.1 Å². The fraction of sp³-hybridized carbons (Fsp3) is 0.708. The number of carbonyl (C=O) groups is 1. The molecular formula is C24H30BrNO3. The van der Waals surface area contributed by atoms with Gasteiger partial charge >= 0.3 is 0 Å². The Kier molecular flexibility index (Phi) is 4.24. The quantitative estimate of drug-likeness (QED) is 0.579. The number of alkyl halides is 1. The van der Waals surface area contributed by atoms with Crippen LogP contribution < -0.4 is 9.47 Å². The Morgan fingerprint density at radius 1 is 1.10 bits per heavy atom. The van der Waals surface area contributed by atoms with Crippen molar-refractivity contribution in [2.24, 2.45) is 17.3 Å². The largest absolute Gasteiger partial charge is 0.486 e. The number of nitrogens with zero attached hydrogens (tertiary/aromatic N) is 1. The molecule has 4 nitrogen and oxygen atoms in total. The number of benzene rings is 1. The van der Waals surface area contributed by atoms with Gasteiger partial charge in [0.25, 0.3) is 0 Å². The third kappa shape index (κ3) is 3.19. The lowest BCUT2D eigenvalue weighted by molar-refractivity contribution is -0.139. The molecule has 0 spiro atoms. The summed E-state index contributed by atoms with van der Waals surface area (Å²) in [6.45, 7) is 2.10. The first kappa shape index (κ1) is 18.5. The number of fused-ring (bicyclic) bond motifs is 1. The summed E-state index contributed by atoms with van der Waals surface area (Å²) < 4.78 is 11.8. The minimum atomic E-state index is 0.185. The van der Waals surface area contributed by atoms with Crippen LogP contribution in [0.5, 0.6) is 11.5 Å². The molecule has 0 N–H and O–H groups in total. The van der Waals surface area contributed by atoms with Gasteiger partial charge in [-0.2, -0.15) is 0 Å². The van der Waals surface area contributed by atoms with E-state index in [4.69, 9.17) is 9.47 Å². The molecular weight excluding hydrogens is 430 g/mol. The third-order valence-electron chi connectivity index (χ3n) is 8.16. The van der Waals surface area contributed by atoms with E-state index in [9.17, 15) is 4.79 Å². The topological polar surface area (TPSA) is 38.8 Å². The van der Waals surface area contributed by atoms with Crippen LogP contribution in [-0.2, 0) is 4.79 Å². The molecule has 2 aliphatic heterocycles. The first-order valence-electron chi connectivity index (χ1n) is 11.4. The van der Waals surface area contributed by atoms with Gasteiger partial charge in [0.05, 0.1) is 6.04 Å². The van der Waals surface area contributed by atoms with Gasteiger partial charge in [0, 0.05) is 17.3 Å². The minimum absolute atomic E-state index is 0.185. The van der Waals surface area contributed by atoms with Crippen molar-refractivity contribution in [2.45, 2.75) is 68.2 Å². The Bertz CT molecular complexity index is 825. The van der Waals surface area contributed by atoms with Gasteiger partial charge in [-0.1, -0.05) is 22.0 Å². The predicted molar refractivity (Wildman–Crippen MR) is 115 cm³/mol. The highest BCUT2D eigenvalue weighted by molar-refractivity contribution is 9.10. The molecule has 4 saturated carbocycles. The highest BCUT2D eigenvalue weighted by Crippen LogP contribution is 2.65. The summed E-state index contributed by atoms with van der Waals surface area (Å²) in [7, 11) is 0. The summed E-state index contributed by atoms with van der Waals surface area (Å²) in [5.41, 5.74) is 1.44. The van der Waals surface area contributed by atoms with Crippen LogP contribution in [0.2, 0.25) is 0 Å². The van der Waals surface area contributed by atoms with Crippen LogP contribution in [0, 0.1) is 17.3 Å². The molecule has 29 heavy (non-hydrogen) atoms. The van der Waals surface area contributed by atoms with Gasteiger partial charge < -0.3 is 14.4 Å². The lowest BCUT2D eigenvalue weighted by Gasteiger charge is -2.60. The second-order valence-corrected chi connectivity index (χ2v) is 12.1. The third-order valence-corrected chi connectivity index (χ3v) is 9.09. The van der Waals surface area contributed by atoms with E-state index < -0.39 is 0 Å². The lowest BCUT2D eigenvalue weighted by atomic mass is 9.48. The van der Waals surface area contributed by atoms with E-state index in [2.05, 4.69) is 33.0 Å². The number of hydrogen-bond acceptors (Lipinski definition) is 3. The molecule has 7 rings (SSSR count). The normalized spacial score (nSPS) is 39.8. The van der Waals surface area contributed by atoms with E-state index >= 15 is 0 Å². The van der Waals surface area contributed by atoms with Crippen molar-refractivity contribution in [3.8, 4) is 11.5 Å². The van der Waals surface area contributed by atoms with Crippen molar-refractivity contribution >= 4 is 21.8 Å². The number of halogens is 1. The molecule has 1 aromatic carbocycles. The monoisotopic (exact) mass is 459 g/mol.